The number of para-hydroxylation sites is 2. The topological polar surface area (TPSA) is 82.8 Å². The number of halogens is 1. The molecule has 30 heavy (non-hydrogen) atoms. The SMILES string of the molecule is COc1ccccc1O[C@@H]1C[C@@H]2CN(C(=O)c3cc(F)cc(C#N)c3)C[C@@H]2C[C@H]1O. The standard InChI is InChI=1S/C23H23FN2O4/c1-29-20-4-2-3-5-21(20)30-22-10-17-13-26(12-16(17)9-19(22)27)23(28)15-6-14(11-25)7-18(24)8-15/h2-8,16-17,19,22,27H,9-10,12-13H2,1H3/t16-,17+,19+,22+/m0/s1. The minimum atomic E-state index is -0.648. The van der Waals surface area contributed by atoms with Gasteiger partial charge in [0.15, 0.2) is 11.5 Å². The number of aliphatic hydroxyl groups excluding tert-OH is 1. The normalized spacial score (nSPS) is 25.3. The van der Waals surface area contributed by atoms with Gasteiger partial charge in [-0.15, -0.1) is 0 Å². The van der Waals surface area contributed by atoms with Crippen molar-refractivity contribution in [2.45, 2.75) is 25.0 Å². The predicted molar refractivity (Wildman–Crippen MR) is 107 cm³/mol. The van der Waals surface area contributed by atoms with Gasteiger partial charge in [0.1, 0.15) is 11.9 Å². The van der Waals surface area contributed by atoms with Gasteiger partial charge in [0, 0.05) is 18.7 Å². The van der Waals surface area contributed by atoms with Crippen molar-refractivity contribution in [2.24, 2.45) is 11.8 Å². The number of nitriles is 1. The van der Waals surface area contributed by atoms with Gasteiger partial charge >= 0.3 is 0 Å². The summed E-state index contributed by atoms with van der Waals surface area (Å²) in [7, 11) is 1.57. The monoisotopic (exact) mass is 410 g/mol. The Labute approximate surface area is 174 Å². The Morgan fingerprint density at radius 3 is 2.57 bits per heavy atom. The Morgan fingerprint density at radius 2 is 1.87 bits per heavy atom. The van der Waals surface area contributed by atoms with Crippen LogP contribution < -0.4 is 9.47 Å². The van der Waals surface area contributed by atoms with Crippen molar-refractivity contribution in [3.8, 4) is 17.6 Å². The first kappa shape index (κ1) is 20.2. The Morgan fingerprint density at radius 1 is 1.17 bits per heavy atom. The van der Waals surface area contributed by atoms with Crippen molar-refractivity contribution in [2.75, 3.05) is 20.2 Å². The maximum absolute atomic E-state index is 13.7. The van der Waals surface area contributed by atoms with Crippen molar-refractivity contribution >= 4 is 5.91 Å². The molecule has 156 valence electrons. The van der Waals surface area contributed by atoms with Gasteiger partial charge in [-0.3, -0.25) is 4.79 Å². The average molecular weight is 410 g/mol. The summed E-state index contributed by atoms with van der Waals surface area (Å²) in [6, 6.07) is 12.9. The zero-order valence-electron chi connectivity index (χ0n) is 16.6. The molecule has 1 aliphatic carbocycles. The van der Waals surface area contributed by atoms with Crippen molar-refractivity contribution < 1.29 is 23.8 Å². The molecule has 2 aromatic rings. The van der Waals surface area contributed by atoms with Crippen LogP contribution in [0.5, 0.6) is 11.5 Å². The summed E-state index contributed by atoms with van der Waals surface area (Å²) in [5.41, 5.74) is 0.295. The van der Waals surface area contributed by atoms with Gasteiger partial charge in [-0.05, 0) is 55.0 Å². The number of likely N-dealkylation sites (tertiary alicyclic amines) is 1. The van der Waals surface area contributed by atoms with Crippen LogP contribution in [-0.2, 0) is 0 Å². The first-order valence-electron chi connectivity index (χ1n) is 9.96. The molecule has 1 N–H and O–H groups in total. The summed E-state index contributed by atoms with van der Waals surface area (Å²) < 4.78 is 25.1. The molecule has 0 aromatic heterocycles. The van der Waals surface area contributed by atoms with E-state index < -0.39 is 18.0 Å². The number of carbonyl (C=O) groups excluding carboxylic acids is 1. The van der Waals surface area contributed by atoms with Gasteiger partial charge in [-0.2, -0.15) is 5.26 Å². The molecule has 1 saturated carbocycles. The van der Waals surface area contributed by atoms with Crippen molar-refractivity contribution in [3.05, 3.63) is 59.4 Å². The number of amides is 1. The van der Waals surface area contributed by atoms with Crippen LogP contribution in [0, 0.1) is 29.0 Å². The summed E-state index contributed by atoms with van der Waals surface area (Å²) in [6.45, 7) is 1.01. The highest BCUT2D eigenvalue weighted by molar-refractivity contribution is 5.94. The predicted octanol–water partition coefficient (Wildman–Crippen LogP) is 3.00. The maximum atomic E-state index is 13.7. The van der Waals surface area contributed by atoms with Crippen LogP contribution in [0.25, 0.3) is 0 Å². The van der Waals surface area contributed by atoms with Crippen molar-refractivity contribution in [3.63, 3.8) is 0 Å². The van der Waals surface area contributed by atoms with Gasteiger partial charge in [-0.25, -0.2) is 4.39 Å². The molecule has 0 unspecified atom stereocenters. The van der Waals surface area contributed by atoms with E-state index in [2.05, 4.69) is 0 Å². The third kappa shape index (κ3) is 3.96. The molecule has 6 nitrogen and oxygen atoms in total. The highest BCUT2D eigenvalue weighted by Crippen LogP contribution is 2.39. The van der Waals surface area contributed by atoms with Gasteiger partial charge in [0.05, 0.1) is 24.8 Å². The Balaban J connectivity index is 1.46. The first-order chi connectivity index (χ1) is 14.5. The number of rotatable bonds is 4. The number of benzene rings is 2. The molecule has 1 amide bonds. The lowest BCUT2D eigenvalue weighted by atomic mass is 9.78. The van der Waals surface area contributed by atoms with E-state index >= 15 is 0 Å². The Hall–Kier alpha value is -3.11. The molecule has 1 heterocycles. The second-order valence-electron chi connectivity index (χ2n) is 7.92. The summed E-state index contributed by atoms with van der Waals surface area (Å²) in [5.74, 6) is 0.630. The molecule has 2 aromatic carbocycles. The van der Waals surface area contributed by atoms with Crippen molar-refractivity contribution in [1.82, 2.24) is 4.90 Å². The number of nitrogens with zero attached hydrogens (tertiary/aromatic N) is 2. The fraction of sp³-hybridized carbons (Fsp3) is 0.391. The number of fused-ring (bicyclic) bond motifs is 1. The lowest BCUT2D eigenvalue weighted by molar-refractivity contribution is -0.0240. The molecule has 7 heteroatoms. The zero-order valence-corrected chi connectivity index (χ0v) is 16.6. The summed E-state index contributed by atoms with van der Waals surface area (Å²) >= 11 is 0. The molecule has 0 bridgehead atoms. The minimum absolute atomic E-state index is 0.121. The highest BCUT2D eigenvalue weighted by atomic mass is 19.1. The summed E-state index contributed by atoms with van der Waals surface area (Å²) in [4.78, 5) is 14.6. The minimum Gasteiger partial charge on any atom is -0.493 e. The lowest BCUT2D eigenvalue weighted by Gasteiger charge is -2.35. The molecule has 2 fully saturated rings. The number of methoxy groups -OCH3 is 1. The smallest absolute Gasteiger partial charge is 0.254 e. The number of aliphatic hydroxyl groups is 1. The number of hydrogen-bond donors (Lipinski definition) is 1. The van der Waals surface area contributed by atoms with Gasteiger partial charge in [0.2, 0.25) is 0 Å². The van der Waals surface area contributed by atoms with Crippen LogP contribution in [-0.4, -0.2) is 48.3 Å². The largest absolute Gasteiger partial charge is 0.493 e. The van der Waals surface area contributed by atoms with Crippen LogP contribution in [0.1, 0.15) is 28.8 Å². The molecule has 0 radical (unpaired) electrons. The van der Waals surface area contributed by atoms with Gasteiger partial charge in [-0.1, -0.05) is 12.1 Å². The van der Waals surface area contributed by atoms with E-state index in [9.17, 15) is 14.3 Å². The van der Waals surface area contributed by atoms with E-state index in [1.54, 1.807) is 24.1 Å². The Kier molecular flexibility index (Phi) is 5.60. The summed E-state index contributed by atoms with van der Waals surface area (Å²) in [5, 5.41) is 19.7. The average Bonchev–Trinajstić information content (AvgIpc) is 3.16. The molecule has 1 aliphatic heterocycles. The third-order valence-corrected chi connectivity index (χ3v) is 5.99. The molecule has 4 atom stereocenters. The van der Waals surface area contributed by atoms with Crippen LogP contribution >= 0.6 is 0 Å². The molecular weight excluding hydrogens is 387 g/mol. The van der Waals surface area contributed by atoms with E-state index in [4.69, 9.17) is 14.7 Å². The highest BCUT2D eigenvalue weighted by Gasteiger charge is 2.44. The first-order valence-corrected chi connectivity index (χ1v) is 9.96. The zero-order chi connectivity index (χ0) is 21.3. The maximum Gasteiger partial charge on any atom is 0.254 e. The number of ether oxygens (including phenoxy) is 2. The number of hydrogen-bond acceptors (Lipinski definition) is 5. The second kappa shape index (κ2) is 8.33. The van der Waals surface area contributed by atoms with Crippen LogP contribution in [0.15, 0.2) is 42.5 Å². The second-order valence-corrected chi connectivity index (χ2v) is 7.92. The van der Waals surface area contributed by atoms with E-state index in [-0.39, 0.29) is 28.9 Å². The van der Waals surface area contributed by atoms with Crippen LogP contribution in [0.3, 0.4) is 0 Å². The van der Waals surface area contributed by atoms with Crippen LogP contribution in [0.4, 0.5) is 4.39 Å². The molecule has 0 spiro atoms. The van der Waals surface area contributed by atoms with E-state index in [1.807, 2.05) is 18.2 Å². The van der Waals surface area contributed by atoms with Crippen molar-refractivity contribution in [1.29, 1.82) is 5.26 Å². The van der Waals surface area contributed by atoms with E-state index in [0.717, 1.165) is 12.1 Å². The quantitative estimate of drug-likeness (QED) is 0.838. The fourth-order valence-corrected chi connectivity index (χ4v) is 4.52. The third-order valence-electron chi connectivity index (χ3n) is 5.99. The molecule has 4 rings (SSSR count). The fourth-order valence-electron chi connectivity index (χ4n) is 4.52. The van der Waals surface area contributed by atoms with Gasteiger partial charge in [0.25, 0.3) is 5.91 Å². The van der Waals surface area contributed by atoms with E-state index in [1.165, 1.54) is 6.07 Å². The van der Waals surface area contributed by atoms with E-state index in [0.29, 0.717) is 37.4 Å². The van der Waals surface area contributed by atoms with Crippen LogP contribution in [0.2, 0.25) is 0 Å². The number of carbonyl (C=O) groups is 1. The van der Waals surface area contributed by atoms with Gasteiger partial charge < -0.3 is 19.5 Å². The Bertz CT molecular complexity index is 989. The molecular formula is C23H23FN2O4. The lowest BCUT2D eigenvalue weighted by Crippen LogP contribution is -2.42. The molecule has 1 saturated heterocycles. The molecule has 2 aliphatic rings. The summed E-state index contributed by atoms with van der Waals surface area (Å²) in [6.07, 6.45) is 0.101.